The molecule has 4 amide bonds. The first-order chi connectivity index (χ1) is 58.8. The minimum absolute atomic E-state index is 0.0188. The van der Waals surface area contributed by atoms with Crippen molar-refractivity contribution in [1.82, 2.24) is 0 Å². The van der Waals surface area contributed by atoms with E-state index in [-0.39, 0.29) is 23.6 Å². The van der Waals surface area contributed by atoms with Crippen molar-refractivity contribution in [2.75, 3.05) is 140 Å². The predicted octanol–water partition coefficient (Wildman–Crippen LogP) is 22.7. The Bertz CT molecular complexity index is 5450. The van der Waals surface area contributed by atoms with E-state index in [4.69, 9.17) is 0 Å². The highest BCUT2D eigenvalue weighted by Gasteiger charge is 2.25. The van der Waals surface area contributed by atoms with Gasteiger partial charge in [0, 0.05) is 94.7 Å². The third-order valence-electron chi connectivity index (χ3n) is 20.9. The van der Waals surface area contributed by atoms with Crippen molar-refractivity contribution in [3.63, 3.8) is 0 Å². The van der Waals surface area contributed by atoms with Gasteiger partial charge in [-0.25, -0.2) is 16.8 Å². The Hall–Kier alpha value is -10.3. The maximum absolute atomic E-state index is 12.4. The summed E-state index contributed by atoms with van der Waals surface area (Å²) in [6.45, 7) is 14.5. The Morgan fingerprint density at radius 3 is 0.934 bits per heavy atom. The fraction of sp³-hybridized carbons (Fsp3) is 0.312. The Labute approximate surface area is 737 Å². The van der Waals surface area contributed by atoms with Crippen LogP contribution in [0.5, 0.6) is 0 Å². The van der Waals surface area contributed by atoms with Gasteiger partial charge in [-0.05, 0) is 227 Å². The highest BCUT2D eigenvalue weighted by molar-refractivity contribution is 7.94. The monoisotopic (exact) mass is 1780 g/mol. The van der Waals surface area contributed by atoms with E-state index in [2.05, 4.69) is 79.5 Å². The molecule has 6 N–H and O–H groups in total. The summed E-state index contributed by atoms with van der Waals surface area (Å²) >= 11 is 8.57. The number of piperidine rings is 1. The molecule has 0 saturated carbocycles. The molecule has 0 atom stereocenters. The Kier molecular flexibility index (Phi) is 33.9. The first-order valence-electron chi connectivity index (χ1n) is 41.4. The second-order valence-electron chi connectivity index (χ2n) is 29.9. The van der Waals surface area contributed by atoms with Gasteiger partial charge in [-0.3, -0.25) is 28.6 Å². The molecule has 20 nitrogen and oxygen atoms in total. The lowest BCUT2D eigenvalue weighted by molar-refractivity contribution is 0.102. The Morgan fingerprint density at radius 1 is 0.306 bits per heavy atom. The molecule has 17 rings (SSSR count). The molecule has 6 aromatic carbocycles. The van der Waals surface area contributed by atoms with Crippen molar-refractivity contribution in [2.24, 2.45) is 0 Å². The number of anilines is 12. The highest BCUT2D eigenvalue weighted by Crippen LogP contribution is 2.37. The fourth-order valence-electron chi connectivity index (χ4n) is 14.8. The van der Waals surface area contributed by atoms with Crippen molar-refractivity contribution in [2.45, 2.75) is 119 Å². The molecule has 5 saturated heterocycles. The van der Waals surface area contributed by atoms with Crippen LogP contribution in [0.4, 0.5) is 68.2 Å². The number of aryl methyl sites for hydroxylation is 2. The average molecular weight is 1780 g/mol. The van der Waals surface area contributed by atoms with Crippen LogP contribution in [0.15, 0.2) is 248 Å². The highest BCUT2D eigenvalue weighted by atomic mass is 32.2. The molecular weight excluding hydrogens is 1670 g/mol. The molecule has 12 aromatic rings. The van der Waals surface area contributed by atoms with Gasteiger partial charge in [0.1, 0.15) is 4.21 Å². The third-order valence-corrected chi connectivity index (χ3v) is 29.5. The molecule has 0 aliphatic carbocycles. The van der Waals surface area contributed by atoms with Gasteiger partial charge in [0.2, 0.25) is 0 Å². The first kappa shape index (κ1) is 89.9. The number of hydrogen-bond donors (Lipinski definition) is 6. The normalized spacial score (nSPS) is 14.6. The van der Waals surface area contributed by atoms with Crippen LogP contribution in [0.1, 0.15) is 145 Å². The zero-order valence-electron chi connectivity index (χ0n) is 69.0. The third kappa shape index (κ3) is 26.4. The minimum atomic E-state index is -3.51. The van der Waals surface area contributed by atoms with Gasteiger partial charge in [0.25, 0.3) is 43.7 Å². The molecule has 28 heteroatoms. The number of para-hydroxylation sites is 12. The number of amides is 4. The molecular formula is C93H108N12O8S8. The molecule has 6 aromatic heterocycles. The number of nitrogens with one attached hydrogen (secondary N) is 6. The number of sulfonamides is 2. The van der Waals surface area contributed by atoms with E-state index >= 15 is 0 Å². The summed E-state index contributed by atoms with van der Waals surface area (Å²) in [5.74, 6) is -0.0897. The summed E-state index contributed by atoms with van der Waals surface area (Å²) < 4.78 is 55.1. The standard InChI is InChI=1S/C17H20N2OS.C16H20N2O2S2.2C16H18N2OS.C15H16N2OS.C13H16N2O2S2/c20-17(16-10-7-13-21-16)18-14-8-3-4-9-15(14)19-11-5-1-2-6-12-19;19-22(20,14-9-12-21-13-14)17-15-7-3-4-8-16(15)18-10-5-1-2-6-11-18;1-12-8-9-15(20-12)16(19)17-13-6-2-3-7-14(13)18-10-4-5-11-18;19-16(15-9-6-12-20-15)17-13-7-2-3-8-14(13)18-10-4-1-5-11-18;18-15(14-8-5-11-19-14)16-12-6-1-2-7-13(12)17-9-3-4-10-17;1-10-8-9-13(18-10)19(16,17)14-11-6-4-5-7-12(11)15(2)3/h3-4,7-10,13H,1-2,5-6,11-12H2,(H,18,20);3-4,7-9,12-13,17H,1-2,5-6,10-11H2;2-3,6-9H,4-5,10-11H2,1H3,(H,17,19);2-3,6-9,12H,1,4-5,10-11H2,(H,17,19);1-2,5-8,11H,3-4,9-10H2,(H,16,18);4-9,14H,1-3H3. The quantitative estimate of drug-likeness (QED) is 0.0417. The lowest BCUT2D eigenvalue weighted by Gasteiger charge is -2.30. The van der Waals surface area contributed by atoms with Crippen LogP contribution >= 0.6 is 68.0 Å². The minimum Gasteiger partial charge on any atom is -0.376 e. The number of hydrogen-bond acceptors (Lipinski definition) is 20. The van der Waals surface area contributed by atoms with E-state index in [0.717, 1.165) is 164 Å². The maximum Gasteiger partial charge on any atom is 0.271 e. The Balaban J connectivity index is 0.000000133. The lowest BCUT2D eigenvalue weighted by atomic mass is 10.1. The van der Waals surface area contributed by atoms with Gasteiger partial charge in [0.15, 0.2) is 0 Å². The molecule has 0 bridgehead atoms. The predicted molar refractivity (Wildman–Crippen MR) is 512 cm³/mol. The van der Waals surface area contributed by atoms with Crippen LogP contribution in [-0.4, -0.2) is 120 Å². The Morgan fingerprint density at radius 2 is 0.612 bits per heavy atom. The summed E-state index contributed by atoms with van der Waals surface area (Å²) in [7, 11) is -3.26. The van der Waals surface area contributed by atoms with Crippen molar-refractivity contribution in [3.05, 3.63) is 268 Å². The summed E-state index contributed by atoms with van der Waals surface area (Å²) in [4.78, 5) is 67.9. The molecule has 5 fully saturated rings. The van der Waals surface area contributed by atoms with E-state index in [1.165, 1.54) is 151 Å². The van der Waals surface area contributed by atoms with Gasteiger partial charge in [-0.2, -0.15) is 11.3 Å². The van der Waals surface area contributed by atoms with Crippen LogP contribution in [0.25, 0.3) is 0 Å². The second kappa shape index (κ2) is 45.5. The van der Waals surface area contributed by atoms with Gasteiger partial charge in [-0.15, -0.1) is 56.7 Å². The van der Waals surface area contributed by atoms with Crippen LogP contribution in [0.2, 0.25) is 0 Å². The van der Waals surface area contributed by atoms with Crippen molar-refractivity contribution < 1.29 is 36.0 Å². The molecule has 0 radical (unpaired) electrons. The average Bonchev–Trinajstić information content (AvgIpc) is 1.81. The molecule has 0 unspecified atom stereocenters. The van der Waals surface area contributed by atoms with Crippen molar-refractivity contribution in [3.8, 4) is 0 Å². The van der Waals surface area contributed by atoms with Gasteiger partial charge < -0.3 is 50.7 Å². The number of carbonyl (C=O) groups is 4. The van der Waals surface area contributed by atoms with E-state index in [1.54, 1.807) is 35.0 Å². The van der Waals surface area contributed by atoms with Crippen LogP contribution in [-0.2, 0) is 20.0 Å². The molecule has 5 aliphatic heterocycles. The molecule has 636 valence electrons. The first-order valence-corrected chi connectivity index (χ1v) is 49.5. The van der Waals surface area contributed by atoms with Crippen molar-refractivity contribution >= 4 is 180 Å². The molecule has 5 aliphatic rings. The molecule has 121 heavy (non-hydrogen) atoms. The van der Waals surface area contributed by atoms with Gasteiger partial charge in [-0.1, -0.05) is 117 Å². The van der Waals surface area contributed by atoms with E-state index in [1.807, 2.05) is 213 Å². The van der Waals surface area contributed by atoms with Gasteiger partial charge >= 0.3 is 0 Å². The number of benzene rings is 6. The summed E-state index contributed by atoms with van der Waals surface area (Å²) in [6.07, 6.45) is 18.6. The van der Waals surface area contributed by atoms with Crippen molar-refractivity contribution in [1.29, 1.82) is 0 Å². The van der Waals surface area contributed by atoms with Crippen LogP contribution < -0.4 is 60.1 Å². The summed E-state index contributed by atoms with van der Waals surface area (Å²) in [5, 5.41) is 21.4. The number of nitrogens with zero attached hydrogens (tertiary/aromatic N) is 6. The largest absolute Gasteiger partial charge is 0.376 e. The lowest BCUT2D eigenvalue weighted by Crippen LogP contribution is -2.30. The van der Waals surface area contributed by atoms with E-state index in [9.17, 15) is 36.0 Å². The fourth-order valence-corrected chi connectivity index (χ4v) is 21.8. The summed E-state index contributed by atoms with van der Waals surface area (Å²) in [6, 6.07) is 67.4. The molecule has 0 spiro atoms. The topological polar surface area (TPSA) is 228 Å². The van der Waals surface area contributed by atoms with Crippen LogP contribution in [0.3, 0.4) is 0 Å². The zero-order chi connectivity index (χ0) is 84.8. The maximum atomic E-state index is 12.4. The van der Waals surface area contributed by atoms with E-state index in [0.29, 0.717) is 20.5 Å². The summed E-state index contributed by atoms with van der Waals surface area (Å²) in [5.41, 5.74) is 11.2. The van der Waals surface area contributed by atoms with Gasteiger partial charge in [0.05, 0.1) is 92.7 Å². The SMILES string of the molecule is Cc1ccc(C(=O)Nc2ccccc2N2CCCC2)s1.Cc1ccc(S(=O)(=O)Nc2ccccc2N(C)C)s1.O=C(Nc1ccccc1N1CCCC1)c1cccs1.O=C(Nc1ccccc1N1CCCCC1)c1cccs1.O=C(Nc1ccccc1N1CCCCCC1)c1cccs1.O=S(=O)(Nc1ccccc1N1CCCCCC1)c1ccsc1. The second-order valence-corrected chi connectivity index (χ2v) is 39.7. The number of rotatable bonds is 20. The number of thiophene rings is 6. The zero-order valence-corrected chi connectivity index (χ0v) is 75.5. The smallest absolute Gasteiger partial charge is 0.271 e. The number of carbonyl (C=O) groups excluding carboxylic acids is 4. The molecule has 11 heterocycles. The van der Waals surface area contributed by atoms with E-state index < -0.39 is 20.0 Å². The van der Waals surface area contributed by atoms with Crippen LogP contribution in [0, 0.1) is 13.8 Å².